The molecule has 0 radical (unpaired) electrons. The van der Waals surface area contributed by atoms with Gasteiger partial charge in [0.2, 0.25) is 0 Å². The highest BCUT2D eigenvalue weighted by Gasteiger charge is 2.19. The molecule has 0 atom stereocenters. The van der Waals surface area contributed by atoms with Gasteiger partial charge in [0.05, 0.1) is 23.4 Å². The second-order valence-electron chi connectivity index (χ2n) is 13.2. The number of rotatable bonds is 3. The third kappa shape index (κ3) is 3.79. The van der Waals surface area contributed by atoms with E-state index in [2.05, 4.69) is 173 Å². The lowest BCUT2D eigenvalue weighted by Gasteiger charge is -2.14. The van der Waals surface area contributed by atoms with E-state index in [-0.39, 0.29) is 0 Å². The van der Waals surface area contributed by atoms with Crippen LogP contribution in [0.1, 0.15) is 1.37 Å². The monoisotopic (exact) mass is 635 g/mol. The third-order valence-electron chi connectivity index (χ3n) is 10.6. The van der Waals surface area contributed by atoms with Crippen LogP contribution in [0.3, 0.4) is 0 Å². The van der Waals surface area contributed by atoms with Crippen LogP contribution in [0.5, 0.6) is 0 Å². The number of benzene rings is 9. The largest absolute Gasteiger partial charge is 0.309 e. The minimum Gasteiger partial charge on any atom is -0.309 e. The van der Waals surface area contributed by atoms with Crippen LogP contribution in [0.15, 0.2) is 182 Å². The zero-order valence-corrected chi connectivity index (χ0v) is 27.1. The summed E-state index contributed by atoms with van der Waals surface area (Å²) in [4.78, 5) is 0. The lowest BCUT2D eigenvalue weighted by Crippen LogP contribution is -1.94. The van der Waals surface area contributed by atoms with Crippen LogP contribution in [0.4, 0.5) is 0 Å². The molecule has 2 aromatic heterocycles. The molecule has 0 saturated heterocycles. The second kappa shape index (κ2) is 10.4. The summed E-state index contributed by atoms with van der Waals surface area (Å²) in [6.07, 6.45) is 0. The zero-order valence-electron chi connectivity index (χ0n) is 28.1. The van der Waals surface area contributed by atoms with Crippen LogP contribution in [0.25, 0.3) is 98.4 Å². The highest BCUT2D eigenvalue weighted by Crippen LogP contribution is 2.42. The van der Waals surface area contributed by atoms with Gasteiger partial charge in [-0.15, -0.1) is 0 Å². The van der Waals surface area contributed by atoms with E-state index in [4.69, 9.17) is 1.37 Å². The molecule has 0 aliphatic rings. The summed E-state index contributed by atoms with van der Waals surface area (Å²) < 4.78 is 13.2. The van der Waals surface area contributed by atoms with Gasteiger partial charge < -0.3 is 9.13 Å². The minimum atomic E-state index is 0.515. The molecule has 2 heteroatoms. The molecule has 2 nitrogen and oxygen atoms in total. The van der Waals surface area contributed by atoms with E-state index in [0.717, 1.165) is 38.7 Å². The van der Waals surface area contributed by atoms with Crippen LogP contribution >= 0.6 is 0 Å². The van der Waals surface area contributed by atoms with E-state index >= 15 is 0 Å². The van der Waals surface area contributed by atoms with Gasteiger partial charge in [-0.25, -0.2) is 0 Å². The molecule has 0 bridgehead atoms. The van der Waals surface area contributed by atoms with E-state index in [1.807, 2.05) is 12.1 Å². The molecule has 232 valence electrons. The van der Waals surface area contributed by atoms with E-state index in [9.17, 15) is 0 Å². The van der Waals surface area contributed by atoms with Gasteiger partial charge in [-0.3, -0.25) is 0 Å². The molecule has 0 aliphatic carbocycles. The summed E-state index contributed by atoms with van der Waals surface area (Å²) in [7, 11) is 0. The molecule has 0 N–H and O–H groups in total. The molecule has 0 unspecified atom stereocenters. The van der Waals surface area contributed by atoms with E-state index < -0.39 is 0 Å². The van der Waals surface area contributed by atoms with Crippen molar-refractivity contribution in [1.29, 1.82) is 0 Å². The Morgan fingerprint density at radius 3 is 1.68 bits per heavy atom. The first-order chi connectivity index (χ1) is 25.2. The molecule has 0 aliphatic heterocycles. The third-order valence-corrected chi connectivity index (χ3v) is 10.6. The van der Waals surface area contributed by atoms with Gasteiger partial charge in [0.1, 0.15) is 0 Å². The molecule has 0 spiro atoms. The zero-order chi connectivity index (χ0) is 33.6. The molecule has 11 aromatic rings. The standard InChI is InChI=1S/C48H30N2/c1-2-13-32(14-3-1)49-44-22-10-8-19-40(44)43-29-31(25-28-46(43)49)34-21-12-24-47-48(34)41-20-9-11-23-45(41)50(47)33-26-27-39-37-17-5-4-15-35(37)36-16-6-7-18-38(36)42(39)30-33/h1-30H/i8D. The highest BCUT2D eigenvalue weighted by molar-refractivity contribution is 6.26. The maximum Gasteiger partial charge on any atom is 0.0623 e. The van der Waals surface area contributed by atoms with Crippen molar-refractivity contribution in [3.05, 3.63) is 182 Å². The molecule has 0 saturated carbocycles. The fourth-order valence-corrected chi connectivity index (χ4v) is 8.51. The van der Waals surface area contributed by atoms with Crippen LogP contribution < -0.4 is 0 Å². The molecule has 0 fully saturated rings. The van der Waals surface area contributed by atoms with Gasteiger partial charge >= 0.3 is 0 Å². The van der Waals surface area contributed by atoms with Gasteiger partial charge in [0.25, 0.3) is 0 Å². The maximum atomic E-state index is 8.49. The molecule has 11 rings (SSSR count). The summed E-state index contributed by atoms with van der Waals surface area (Å²) in [6, 6.07) is 63.8. The second-order valence-corrected chi connectivity index (χ2v) is 13.2. The first-order valence-electron chi connectivity index (χ1n) is 17.7. The lowest BCUT2D eigenvalue weighted by molar-refractivity contribution is 1.18. The fourth-order valence-electron chi connectivity index (χ4n) is 8.51. The Kier molecular flexibility index (Phi) is 5.49. The average molecular weight is 636 g/mol. The molecule has 50 heavy (non-hydrogen) atoms. The molecule has 9 aromatic carbocycles. The number of hydrogen-bond donors (Lipinski definition) is 0. The number of fused-ring (bicyclic) bond motifs is 12. The Bertz CT molecular complexity index is 3170. The Morgan fingerprint density at radius 2 is 0.900 bits per heavy atom. The average Bonchev–Trinajstić information content (AvgIpc) is 3.70. The topological polar surface area (TPSA) is 9.86 Å². The van der Waals surface area contributed by atoms with Crippen molar-refractivity contribution >= 4 is 75.9 Å². The number of para-hydroxylation sites is 3. The van der Waals surface area contributed by atoms with Gasteiger partial charge in [0.15, 0.2) is 0 Å². The normalized spacial score (nSPS) is 12.3. The van der Waals surface area contributed by atoms with Gasteiger partial charge in [0, 0.05) is 32.9 Å². The van der Waals surface area contributed by atoms with Gasteiger partial charge in [-0.2, -0.15) is 0 Å². The Balaban J connectivity index is 1.18. The van der Waals surface area contributed by atoms with Crippen molar-refractivity contribution < 1.29 is 1.37 Å². The molecule has 0 amide bonds. The van der Waals surface area contributed by atoms with Crippen molar-refractivity contribution in [2.24, 2.45) is 0 Å². The number of aromatic nitrogens is 2. The van der Waals surface area contributed by atoms with E-state index in [0.29, 0.717) is 6.04 Å². The molecule has 2 heterocycles. The Labute approximate surface area is 290 Å². The summed E-state index contributed by atoms with van der Waals surface area (Å²) in [6.45, 7) is 0. The van der Waals surface area contributed by atoms with Crippen molar-refractivity contribution in [3.63, 3.8) is 0 Å². The Morgan fingerprint density at radius 1 is 0.320 bits per heavy atom. The minimum absolute atomic E-state index is 0.515. The predicted octanol–water partition coefficient (Wildman–Crippen LogP) is 13.0. The van der Waals surface area contributed by atoms with Gasteiger partial charge in [-0.05, 0) is 98.0 Å². The first kappa shape index (κ1) is 26.3. The maximum absolute atomic E-state index is 8.49. The Hall–Kier alpha value is -6.64. The van der Waals surface area contributed by atoms with E-state index in [1.54, 1.807) is 0 Å². The number of nitrogens with zero attached hydrogens (tertiary/aromatic N) is 2. The summed E-state index contributed by atoms with van der Waals surface area (Å²) >= 11 is 0. The molecular weight excluding hydrogens is 605 g/mol. The van der Waals surface area contributed by atoms with Crippen LogP contribution in [0.2, 0.25) is 0 Å². The van der Waals surface area contributed by atoms with Crippen molar-refractivity contribution in [1.82, 2.24) is 9.13 Å². The van der Waals surface area contributed by atoms with Crippen LogP contribution in [0, 0.1) is 0 Å². The van der Waals surface area contributed by atoms with Crippen molar-refractivity contribution in [3.8, 4) is 22.5 Å². The van der Waals surface area contributed by atoms with Crippen LogP contribution in [-0.2, 0) is 0 Å². The molecular formula is C48H30N2. The first-order valence-corrected chi connectivity index (χ1v) is 17.2. The van der Waals surface area contributed by atoms with Crippen molar-refractivity contribution in [2.45, 2.75) is 0 Å². The lowest BCUT2D eigenvalue weighted by atomic mass is 9.94. The quantitative estimate of drug-likeness (QED) is 0.171. The SMILES string of the molecule is [2H]c1ccc2c(c1)c1cc(-c3cccc4c3c3ccccc3n4-c3ccc4c5ccccc5c5ccccc5c4c3)ccc1n2-c1ccccc1. The summed E-state index contributed by atoms with van der Waals surface area (Å²) in [5.41, 5.74) is 9.23. The van der Waals surface area contributed by atoms with E-state index in [1.165, 1.54) is 59.7 Å². The summed E-state index contributed by atoms with van der Waals surface area (Å²) in [5, 5.41) is 12.4. The predicted molar refractivity (Wildman–Crippen MR) is 213 cm³/mol. The smallest absolute Gasteiger partial charge is 0.0623 e. The number of hydrogen-bond acceptors (Lipinski definition) is 0. The summed E-state index contributed by atoms with van der Waals surface area (Å²) in [5.74, 6) is 0. The highest BCUT2D eigenvalue weighted by atomic mass is 15.0. The van der Waals surface area contributed by atoms with Gasteiger partial charge in [-0.1, -0.05) is 127 Å². The van der Waals surface area contributed by atoms with Crippen LogP contribution in [-0.4, -0.2) is 9.13 Å². The van der Waals surface area contributed by atoms with Crippen molar-refractivity contribution in [2.75, 3.05) is 0 Å². The fraction of sp³-hybridized carbons (Fsp3) is 0.